The van der Waals surface area contributed by atoms with Crippen LogP contribution in [-0.2, 0) is 15.6 Å². The lowest BCUT2D eigenvalue weighted by molar-refractivity contribution is 0.0912. The smallest absolute Gasteiger partial charge is 0.251 e. The number of hydrogen-bond acceptors (Lipinski definition) is 3. The van der Waals surface area contributed by atoms with Gasteiger partial charge in [-0.1, -0.05) is 23.7 Å². The third kappa shape index (κ3) is 4.66. The van der Waals surface area contributed by atoms with Gasteiger partial charge < -0.3 is 5.32 Å². The molecule has 2 aromatic carbocycles. The molecule has 0 radical (unpaired) electrons. The van der Waals surface area contributed by atoms with Crippen molar-refractivity contribution in [3.8, 4) is 0 Å². The lowest BCUT2D eigenvalue weighted by Gasteiger charge is -2.28. The standard InChI is InChI=1S/C19H20ClFN2O3S/c1-19(2,16-9-6-13(21)11-17(16)20)22-18(24)12-4-3-5-15(10-12)27(25,26)23-14-7-8-14/h3-6,9-11,14,23H,7-8H2,1-2H3,(H,22,24). The van der Waals surface area contributed by atoms with E-state index in [0.29, 0.717) is 5.56 Å². The first-order valence-electron chi connectivity index (χ1n) is 8.49. The van der Waals surface area contributed by atoms with E-state index in [1.54, 1.807) is 13.8 Å². The van der Waals surface area contributed by atoms with E-state index < -0.39 is 27.3 Å². The second-order valence-corrected chi connectivity index (χ2v) is 9.25. The molecule has 2 N–H and O–H groups in total. The predicted octanol–water partition coefficient (Wildman–Crippen LogP) is 3.58. The second-order valence-electron chi connectivity index (χ2n) is 7.13. The molecule has 1 aliphatic carbocycles. The highest BCUT2D eigenvalue weighted by Gasteiger charge is 2.29. The fourth-order valence-corrected chi connectivity index (χ4v) is 4.47. The summed E-state index contributed by atoms with van der Waals surface area (Å²) < 4.78 is 40.6. The van der Waals surface area contributed by atoms with Gasteiger partial charge in [0, 0.05) is 16.6 Å². The number of sulfonamides is 1. The van der Waals surface area contributed by atoms with Gasteiger partial charge in [0.15, 0.2) is 0 Å². The Bertz CT molecular complexity index is 988. The lowest BCUT2D eigenvalue weighted by Crippen LogP contribution is -2.41. The zero-order valence-corrected chi connectivity index (χ0v) is 16.5. The van der Waals surface area contributed by atoms with Crippen LogP contribution in [0.4, 0.5) is 4.39 Å². The summed E-state index contributed by atoms with van der Waals surface area (Å²) in [7, 11) is -3.65. The minimum atomic E-state index is -3.65. The largest absolute Gasteiger partial charge is 0.343 e. The highest BCUT2D eigenvalue weighted by Crippen LogP contribution is 2.29. The number of nitrogens with one attached hydrogen (secondary N) is 2. The number of benzene rings is 2. The Morgan fingerprint density at radius 2 is 1.89 bits per heavy atom. The molecule has 144 valence electrons. The summed E-state index contributed by atoms with van der Waals surface area (Å²) >= 11 is 6.10. The van der Waals surface area contributed by atoms with Crippen LogP contribution in [0, 0.1) is 5.82 Å². The van der Waals surface area contributed by atoms with Gasteiger partial charge in [-0.25, -0.2) is 17.5 Å². The van der Waals surface area contributed by atoms with Gasteiger partial charge in [-0.3, -0.25) is 4.79 Å². The molecular weight excluding hydrogens is 391 g/mol. The third-order valence-electron chi connectivity index (χ3n) is 4.34. The maximum absolute atomic E-state index is 13.3. The molecule has 1 fully saturated rings. The Morgan fingerprint density at radius 3 is 2.52 bits per heavy atom. The number of halogens is 2. The molecular formula is C19H20ClFN2O3S. The van der Waals surface area contributed by atoms with Crippen LogP contribution in [0.5, 0.6) is 0 Å². The van der Waals surface area contributed by atoms with Crippen molar-refractivity contribution in [3.05, 3.63) is 64.4 Å². The summed E-state index contributed by atoms with van der Waals surface area (Å²) in [4.78, 5) is 12.7. The first-order valence-corrected chi connectivity index (χ1v) is 10.3. The van der Waals surface area contributed by atoms with Gasteiger partial charge in [-0.05, 0) is 62.6 Å². The molecule has 0 bridgehead atoms. The Hall–Kier alpha value is -1.96. The van der Waals surface area contributed by atoms with Crippen molar-refractivity contribution in [3.63, 3.8) is 0 Å². The molecule has 0 saturated heterocycles. The minimum Gasteiger partial charge on any atom is -0.343 e. The average Bonchev–Trinajstić information content (AvgIpc) is 3.37. The minimum absolute atomic E-state index is 0.0213. The highest BCUT2D eigenvalue weighted by molar-refractivity contribution is 7.89. The zero-order chi connectivity index (χ0) is 19.8. The van der Waals surface area contributed by atoms with E-state index >= 15 is 0 Å². The van der Waals surface area contributed by atoms with Gasteiger partial charge in [0.05, 0.1) is 10.4 Å². The summed E-state index contributed by atoms with van der Waals surface area (Å²) in [5, 5.41) is 3.02. The van der Waals surface area contributed by atoms with Crippen LogP contribution < -0.4 is 10.0 Å². The summed E-state index contributed by atoms with van der Waals surface area (Å²) in [6.07, 6.45) is 1.65. The number of hydrogen-bond donors (Lipinski definition) is 2. The van der Waals surface area contributed by atoms with Gasteiger partial charge in [-0.15, -0.1) is 0 Å². The maximum Gasteiger partial charge on any atom is 0.251 e. The van der Waals surface area contributed by atoms with E-state index in [9.17, 15) is 17.6 Å². The van der Waals surface area contributed by atoms with Crippen molar-refractivity contribution in [1.82, 2.24) is 10.0 Å². The summed E-state index contributed by atoms with van der Waals surface area (Å²) in [6, 6.07) is 9.78. The Labute approximate surface area is 163 Å². The summed E-state index contributed by atoms with van der Waals surface area (Å²) in [5.41, 5.74) is -0.124. The second kappa shape index (κ2) is 7.22. The Kier molecular flexibility index (Phi) is 5.29. The zero-order valence-electron chi connectivity index (χ0n) is 14.9. The van der Waals surface area contributed by atoms with Crippen LogP contribution in [0.15, 0.2) is 47.4 Å². The van der Waals surface area contributed by atoms with Gasteiger partial charge in [0.25, 0.3) is 5.91 Å². The lowest BCUT2D eigenvalue weighted by atomic mass is 9.93. The van der Waals surface area contributed by atoms with Gasteiger partial charge in [0.2, 0.25) is 10.0 Å². The molecule has 5 nitrogen and oxygen atoms in total. The number of amides is 1. The van der Waals surface area contributed by atoms with Crippen LogP contribution in [0.25, 0.3) is 0 Å². The van der Waals surface area contributed by atoms with E-state index in [2.05, 4.69) is 10.0 Å². The maximum atomic E-state index is 13.3. The van der Waals surface area contributed by atoms with Crippen molar-refractivity contribution in [2.45, 2.75) is 43.2 Å². The van der Waals surface area contributed by atoms with E-state index in [0.717, 1.165) is 12.8 Å². The number of carbonyl (C=O) groups is 1. The molecule has 1 saturated carbocycles. The van der Waals surface area contributed by atoms with E-state index in [-0.39, 0.29) is 21.5 Å². The number of rotatable bonds is 6. The Morgan fingerprint density at radius 1 is 1.19 bits per heavy atom. The molecule has 0 aliphatic heterocycles. The van der Waals surface area contributed by atoms with E-state index in [1.807, 2.05) is 0 Å². The normalized spacial score (nSPS) is 14.8. The molecule has 0 heterocycles. The van der Waals surface area contributed by atoms with Gasteiger partial charge in [-0.2, -0.15) is 0 Å². The van der Waals surface area contributed by atoms with Crippen LogP contribution in [0.2, 0.25) is 5.02 Å². The summed E-state index contributed by atoms with van der Waals surface area (Å²) in [6.45, 7) is 3.47. The van der Waals surface area contributed by atoms with Crippen LogP contribution >= 0.6 is 11.6 Å². The highest BCUT2D eigenvalue weighted by atomic mass is 35.5. The fourth-order valence-electron chi connectivity index (χ4n) is 2.71. The molecule has 1 aliphatic rings. The topological polar surface area (TPSA) is 75.3 Å². The molecule has 2 aromatic rings. The van der Waals surface area contributed by atoms with Crippen molar-refractivity contribution in [1.29, 1.82) is 0 Å². The van der Waals surface area contributed by atoms with Gasteiger partial charge in [0.1, 0.15) is 5.82 Å². The van der Waals surface area contributed by atoms with E-state index in [1.165, 1.54) is 42.5 Å². The van der Waals surface area contributed by atoms with Crippen molar-refractivity contribution >= 4 is 27.5 Å². The first kappa shape index (κ1) is 19.8. The Balaban J connectivity index is 1.82. The van der Waals surface area contributed by atoms with Crippen LogP contribution in [0.3, 0.4) is 0 Å². The molecule has 8 heteroatoms. The molecule has 0 aromatic heterocycles. The molecule has 0 atom stereocenters. The van der Waals surface area contributed by atoms with Crippen molar-refractivity contribution in [2.24, 2.45) is 0 Å². The number of carbonyl (C=O) groups excluding carboxylic acids is 1. The molecule has 1 amide bonds. The fraction of sp³-hybridized carbons (Fsp3) is 0.316. The van der Waals surface area contributed by atoms with E-state index in [4.69, 9.17) is 11.6 Å². The van der Waals surface area contributed by atoms with Crippen molar-refractivity contribution in [2.75, 3.05) is 0 Å². The molecule has 0 spiro atoms. The van der Waals surface area contributed by atoms with Crippen molar-refractivity contribution < 1.29 is 17.6 Å². The molecule has 27 heavy (non-hydrogen) atoms. The quantitative estimate of drug-likeness (QED) is 0.764. The first-order chi connectivity index (χ1) is 12.6. The monoisotopic (exact) mass is 410 g/mol. The average molecular weight is 411 g/mol. The van der Waals surface area contributed by atoms with Crippen LogP contribution in [0.1, 0.15) is 42.6 Å². The molecule has 3 rings (SSSR count). The van der Waals surface area contributed by atoms with Crippen LogP contribution in [-0.4, -0.2) is 20.4 Å². The molecule has 0 unspecified atom stereocenters. The van der Waals surface area contributed by atoms with Gasteiger partial charge >= 0.3 is 0 Å². The summed E-state index contributed by atoms with van der Waals surface area (Å²) in [5.74, 6) is -0.921. The predicted molar refractivity (Wildman–Crippen MR) is 102 cm³/mol. The SMILES string of the molecule is CC(C)(NC(=O)c1cccc(S(=O)(=O)NC2CC2)c1)c1ccc(F)cc1Cl. The third-order valence-corrected chi connectivity index (χ3v) is 6.17.